The summed E-state index contributed by atoms with van der Waals surface area (Å²) in [6.45, 7) is 10.5. The number of aryl methyl sites for hydroxylation is 2. The van der Waals surface area contributed by atoms with Gasteiger partial charge in [-0.3, -0.25) is 4.68 Å². The molecule has 0 saturated carbocycles. The molecule has 0 aliphatic rings. The van der Waals surface area contributed by atoms with Crippen LogP contribution in [0.5, 0.6) is 0 Å². The molecular weight excluding hydrogens is 246 g/mol. The number of aromatic nitrogens is 2. The Bertz CT molecular complexity index is 381. The number of nitrogens with zero attached hydrogens (tertiary/aromatic N) is 2. The van der Waals surface area contributed by atoms with Gasteiger partial charge >= 0.3 is 0 Å². The summed E-state index contributed by atoms with van der Waals surface area (Å²) in [4.78, 5) is 0. The maximum absolute atomic E-state index is 6.41. The molecule has 1 heterocycles. The molecule has 0 fully saturated rings. The Labute approximate surface area is 116 Å². The Kier molecular flexibility index (Phi) is 5.67. The first kappa shape index (κ1) is 15.5. The van der Waals surface area contributed by atoms with Crippen molar-refractivity contribution in [2.24, 2.45) is 5.41 Å². The number of hydrogen-bond donors (Lipinski definition) is 1. The molecule has 1 aromatic rings. The van der Waals surface area contributed by atoms with E-state index in [-0.39, 0.29) is 5.41 Å². The van der Waals surface area contributed by atoms with Crippen LogP contribution in [0.15, 0.2) is 0 Å². The summed E-state index contributed by atoms with van der Waals surface area (Å²) in [7, 11) is 2.02. The van der Waals surface area contributed by atoms with Crippen LogP contribution in [0.3, 0.4) is 0 Å². The quantitative estimate of drug-likeness (QED) is 0.823. The van der Waals surface area contributed by atoms with Crippen molar-refractivity contribution in [3.05, 3.63) is 16.4 Å². The van der Waals surface area contributed by atoms with Gasteiger partial charge in [0.2, 0.25) is 0 Å². The van der Waals surface area contributed by atoms with Crippen LogP contribution >= 0.6 is 11.6 Å². The van der Waals surface area contributed by atoms with Crippen LogP contribution in [0, 0.1) is 12.3 Å². The van der Waals surface area contributed by atoms with Crippen molar-refractivity contribution in [2.45, 2.75) is 53.5 Å². The van der Waals surface area contributed by atoms with Gasteiger partial charge < -0.3 is 5.32 Å². The Balaban J connectivity index is 3.07. The average molecular weight is 272 g/mol. The lowest BCUT2D eigenvalue weighted by Gasteiger charge is -2.32. The van der Waals surface area contributed by atoms with Crippen molar-refractivity contribution in [1.82, 2.24) is 15.1 Å². The molecule has 0 unspecified atom stereocenters. The van der Waals surface area contributed by atoms with Crippen LogP contribution in [0.1, 0.15) is 45.0 Å². The van der Waals surface area contributed by atoms with E-state index in [4.69, 9.17) is 11.6 Å². The van der Waals surface area contributed by atoms with Gasteiger partial charge in [-0.15, -0.1) is 0 Å². The van der Waals surface area contributed by atoms with Crippen LogP contribution in [-0.4, -0.2) is 23.4 Å². The highest BCUT2D eigenvalue weighted by atomic mass is 35.5. The lowest BCUT2D eigenvalue weighted by molar-refractivity contribution is 0.246. The molecule has 0 aliphatic heterocycles. The molecule has 1 rings (SSSR count). The normalized spacial score (nSPS) is 12.1. The van der Waals surface area contributed by atoms with E-state index in [1.54, 1.807) is 0 Å². The first-order valence-corrected chi connectivity index (χ1v) is 7.27. The Hall–Kier alpha value is -0.540. The lowest BCUT2D eigenvalue weighted by atomic mass is 9.78. The maximum Gasteiger partial charge on any atom is 0.0847 e. The zero-order valence-electron chi connectivity index (χ0n) is 12.3. The second kappa shape index (κ2) is 6.58. The van der Waals surface area contributed by atoms with Crippen LogP contribution in [0.4, 0.5) is 0 Å². The topological polar surface area (TPSA) is 29.9 Å². The minimum absolute atomic E-state index is 0.276. The van der Waals surface area contributed by atoms with Gasteiger partial charge in [-0.25, -0.2) is 0 Å². The van der Waals surface area contributed by atoms with Gasteiger partial charge in [0.05, 0.1) is 16.4 Å². The van der Waals surface area contributed by atoms with E-state index < -0.39 is 0 Å². The van der Waals surface area contributed by atoms with Gasteiger partial charge in [-0.1, -0.05) is 25.4 Å². The van der Waals surface area contributed by atoms with E-state index in [0.29, 0.717) is 0 Å². The minimum Gasteiger partial charge on any atom is -0.319 e. The van der Waals surface area contributed by atoms with Crippen molar-refractivity contribution in [1.29, 1.82) is 0 Å². The van der Waals surface area contributed by atoms with Gasteiger partial charge in [0.15, 0.2) is 0 Å². The van der Waals surface area contributed by atoms with Crippen molar-refractivity contribution in [3.63, 3.8) is 0 Å². The summed E-state index contributed by atoms with van der Waals surface area (Å²) < 4.78 is 2.05. The standard InChI is InChI=1S/C14H26ClN3/c1-6-14(7-2,10-16-5)9-12-13(15)11(4)17-18(12)8-3/h16H,6-10H2,1-5H3. The molecule has 0 radical (unpaired) electrons. The smallest absolute Gasteiger partial charge is 0.0847 e. The van der Waals surface area contributed by atoms with Crippen molar-refractivity contribution in [2.75, 3.05) is 13.6 Å². The molecule has 1 aromatic heterocycles. The summed E-state index contributed by atoms with van der Waals surface area (Å²) in [5, 5.41) is 8.67. The van der Waals surface area contributed by atoms with Crippen molar-refractivity contribution in [3.8, 4) is 0 Å². The SMILES string of the molecule is CCn1nc(C)c(Cl)c1CC(CC)(CC)CNC. The molecule has 4 heteroatoms. The van der Waals surface area contributed by atoms with Gasteiger partial charge in [0, 0.05) is 13.1 Å². The summed E-state index contributed by atoms with van der Waals surface area (Å²) in [5.41, 5.74) is 2.41. The zero-order valence-corrected chi connectivity index (χ0v) is 13.1. The van der Waals surface area contributed by atoms with Crippen molar-refractivity contribution < 1.29 is 0 Å². The molecule has 0 saturated heterocycles. The molecule has 0 bridgehead atoms. The number of nitrogens with one attached hydrogen (secondary N) is 1. The Morgan fingerprint density at radius 3 is 2.33 bits per heavy atom. The highest BCUT2D eigenvalue weighted by Crippen LogP contribution is 2.33. The average Bonchev–Trinajstić information content (AvgIpc) is 2.65. The second-order valence-electron chi connectivity index (χ2n) is 5.08. The third-order valence-corrected chi connectivity index (χ3v) is 4.54. The molecule has 1 N–H and O–H groups in total. The Morgan fingerprint density at radius 2 is 1.89 bits per heavy atom. The molecule has 0 amide bonds. The fraction of sp³-hybridized carbons (Fsp3) is 0.786. The van der Waals surface area contributed by atoms with Crippen LogP contribution in [-0.2, 0) is 13.0 Å². The lowest BCUT2D eigenvalue weighted by Crippen LogP contribution is -2.34. The molecule has 0 aromatic carbocycles. The number of rotatable bonds is 7. The summed E-state index contributed by atoms with van der Waals surface area (Å²) >= 11 is 6.41. The van der Waals surface area contributed by atoms with Gasteiger partial charge in [-0.05, 0) is 45.6 Å². The summed E-state index contributed by atoms with van der Waals surface area (Å²) in [5.74, 6) is 0. The molecule has 18 heavy (non-hydrogen) atoms. The molecule has 3 nitrogen and oxygen atoms in total. The number of halogens is 1. The van der Waals surface area contributed by atoms with E-state index in [1.807, 2.05) is 18.7 Å². The highest BCUT2D eigenvalue weighted by Gasteiger charge is 2.29. The van der Waals surface area contributed by atoms with E-state index in [9.17, 15) is 0 Å². The summed E-state index contributed by atoms with van der Waals surface area (Å²) in [6.07, 6.45) is 3.29. The van der Waals surface area contributed by atoms with E-state index in [0.717, 1.165) is 43.1 Å². The Morgan fingerprint density at radius 1 is 1.28 bits per heavy atom. The van der Waals surface area contributed by atoms with Crippen molar-refractivity contribution >= 4 is 11.6 Å². The molecule has 0 aliphatic carbocycles. The maximum atomic E-state index is 6.41. The van der Waals surface area contributed by atoms with E-state index in [2.05, 4.69) is 31.2 Å². The summed E-state index contributed by atoms with van der Waals surface area (Å²) in [6, 6.07) is 0. The monoisotopic (exact) mass is 271 g/mol. The predicted molar refractivity (Wildman–Crippen MR) is 78.3 cm³/mol. The van der Waals surface area contributed by atoms with Gasteiger partial charge in [0.1, 0.15) is 0 Å². The minimum atomic E-state index is 0.276. The van der Waals surface area contributed by atoms with Gasteiger partial charge in [0.25, 0.3) is 0 Å². The first-order valence-electron chi connectivity index (χ1n) is 6.90. The molecule has 0 spiro atoms. The van der Waals surface area contributed by atoms with Crippen LogP contribution in [0.25, 0.3) is 0 Å². The van der Waals surface area contributed by atoms with Crippen LogP contribution in [0.2, 0.25) is 5.02 Å². The van der Waals surface area contributed by atoms with E-state index >= 15 is 0 Å². The third-order valence-electron chi connectivity index (χ3n) is 4.05. The molecular formula is C14H26ClN3. The number of hydrogen-bond acceptors (Lipinski definition) is 2. The highest BCUT2D eigenvalue weighted by molar-refractivity contribution is 6.31. The first-order chi connectivity index (χ1) is 8.53. The van der Waals surface area contributed by atoms with Crippen LogP contribution < -0.4 is 5.32 Å². The third kappa shape index (κ3) is 3.07. The predicted octanol–water partition coefficient (Wildman–Crippen LogP) is 3.43. The van der Waals surface area contributed by atoms with E-state index in [1.165, 1.54) is 5.69 Å². The fourth-order valence-corrected chi connectivity index (χ4v) is 2.78. The molecule has 0 atom stereocenters. The van der Waals surface area contributed by atoms with Gasteiger partial charge in [-0.2, -0.15) is 5.10 Å². The molecule has 104 valence electrons. The second-order valence-corrected chi connectivity index (χ2v) is 5.45. The zero-order chi connectivity index (χ0) is 13.8. The fourth-order valence-electron chi connectivity index (χ4n) is 2.58. The largest absolute Gasteiger partial charge is 0.319 e.